The molecule has 1 aromatic carbocycles. The van der Waals surface area contributed by atoms with Crippen LogP contribution in [0.15, 0.2) is 18.2 Å². The van der Waals surface area contributed by atoms with E-state index in [0.717, 1.165) is 13.1 Å². The Morgan fingerprint density at radius 1 is 1.61 bits per heavy atom. The van der Waals surface area contributed by atoms with Crippen LogP contribution in [0.5, 0.6) is 0 Å². The van der Waals surface area contributed by atoms with Crippen molar-refractivity contribution in [1.29, 1.82) is 0 Å². The zero-order chi connectivity index (χ0) is 13.1. The van der Waals surface area contributed by atoms with Gasteiger partial charge in [-0.15, -0.1) is 0 Å². The van der Waals surface area contributed by atoms with Crippen LogP contribution in [0.25, 0.3) is 0 Å². The zero-order valence-corrected chi connectivity index (χ0v) is 11.3. The van der Waals surface area contributed by atoms with Gasteiger partial charge in [0.05, 0.1) is 5.56 Å². The van der Waals surface area contributed by atoms with Gasteiger partial charge < -0.3 is 16.0 Å². The maximum Gasteiger partial charge on any atom is 0.135 e. The molecule has 18 heavy (non-hydrogen) atoms. The molecule has 1 atom stereocenters. The van der Waals surface area contributed by atoms with E-state index >= 15 is 0 Å². The fourth-order valence-electron chi connectivity index (χ4n) is 2.39. The van der Waals surface area contributed by atoms with E-state index in [0.29, 0.717) is 17.3 Å². The molecule has 1 saturated heterocycles. The van der Waals surface area contributed by atoms with Crippen LogP contribution in [0, 0.1) is 5.82 Å². The van der Waals surface area contributed by atoms with E-state index < -0.39 is 0 Å². The number of likely N-dealkylation sites (tertiary alicyclic amines) is 1. The Kier molecular flexibility index (Phi) is 4.14. The van der Waals surface area contributed by atoms with E-state index in [4.69, 9.17) is 18.0 Å². The van der Waals surface area contributed by atoms with Gasteiger partial charge in [-0.05, 0) is 38.6 Å². The predicted molar refractivity (Wildman–Crippen MR) is 76.4 cm³/mol. The Labute approximate surface area is 112 Å². The number of nitrogens with zero attached hydrogens (tertiary/aromatic N) is 1. The number of thiocarbonyl (C=S) groups is 1. The number of hydrogen-bond acceptors (Lipinski definition) is 3. The van der Waals surface area contributed by atoms with E-state index in [2.05, 4.69) is 17.3 Å². The average Bonchev–Trinajstić information content (AvgIpc) is 2.71. The smallest absolute Gasteiger partial charge is 0.135 e. The molecular formula is C13H18FN3S. The van der Waals surface area contributed by atoms with Gasteiger partial charge in [0.2, 0.25) is 0 Å². The minimum atomic E-state index is -0.368. The first kappa shape index (κ1) is 13.2. The number of halogens is 1. The fourth-order valence-corrected chi connectivity index (χ4v) is 2.59. The largest absolute Gasteiger partial charge is 0.389 e. The molecule has 1 unspecified atom stereocenters. The SMILES string of the molecule is CN1CCCC1CNc1cccc(F)c1C(N)=S. The van der Waals surface area contributed by atoms with Crippen molar-refractivity contribution in [2.24, 2.45) is 5.73 Å². The first-order valence-electron chi connectivity index (χ1n) is 6.12. The van der Waals surface area contributed by atoms with Gasteiger partial charge in [0.25, 0.3) is 0 Å². The Balaban J connectivity index is 2.09. The van der Waals surface area contributed by atoms with Crippen molar-refractivity contribution in [3.8, 4) is 0 Å². The summed E-state index contributed by atoms with van der Waals surface area (Å²) in [5.74, 6) is -0.368. The summed E-state index contributed by atoms with van der Waals surface area (Å²) in [5.41, 5.74) is 6.56. The van der Waals surface area contributed by atoms with E-state index in [1.165, 1.54) is 18.9 Å². The summed E-state index contributed by atoms with van der Waals surface area (Å²) in [6.07, 6.45) is 2.38. The molecule has 1 aliphatic heterocycles. The average molecular weight is 267 g/mol. The van der Waals surface area contributed by atoms with Crippen LogP contribution < -0.4 is 11.1 Å². The maximum absolute atomic E-state index is 13.7. The first-order valence-corrected chi connectivity index (χ1v) is 6.53. The third kappa shape index (κ3) is 2.79. The zero-order valence-electron chi connectivity index (χ0n) is 10.4. The molecule has 0 saturated carbocycles. The summed E-state index contributed by atoms with van der Waals surface area (Å²) >= 11 is 4.90. The van der Waals surface area contributed by atoms with Crippen molar-refractivity contribution in [3.05, 3.63) is 29.6 Å². The maximum atomic E-state index is 13.7. The second-order valence-corrected chi connectivity index (χ2v) is 5.12. The standard InChI is InChI=1S/C13H18FN3S/c1-17-7-3-4-9(17)8-16-11-6-2-5-10(14)12(11)13(15)18/h2,5-6,9,16H,3-4,7-8H2,1H3,(H2,15,18). The summed E-state index contributed by atoms with van der Waals surface area (Å²) in [5, 5.41) is 3.26. The van der Waals surface area contributed by atoms with Gasteiger partial charge in [-0.1, -0.05) is 18.3 Å². The highest BCUT2D eigenvalue weighted by Crippen LogP contribution is 2.21. The van der Waals surface area contributed by atoms with Crippen molar-refractivity contribution in [2.75, 3.05) is 25.5 Å². The van der Waals surface area contributed by atoms with Gasteiger partial charge in [-0.2, -0.15) is 0 Å². The van der Waals surface area contributed by atoms with E-state index in [9.17, 15) is 4.39 Å². The quantitative estimate of drug-likeness (QED) is 0.818. The molecule has 5 heteroatoms. The molecule has 2 rings (SSSR count). The number of hydrogen-bond donors (Lipinski definition) is 2. The molecule has 1 fully saturated rings. The minimum Gasteiger partial charge on any atom is -0.389 e. The number of benzene rings is 1. The molecule has 0 radical (unpaired) electrons. The predicted octanol–water partition coefficient (Wildman–Crippen LogP) is 1.97. The second-order valence-electron chi connectivity index (χ2n) is 4.68. The van der Waals surface area contributed by atoms with Gasteiger partial charge in [-0.25, -0.2) is 4.39 Å². The molecule has 3 nitrogen and oxygen atoms in total. The van der Waals surface area contributed by atoms with E-state index in [-0.39, 0.29) is 10.8 Å². The Morgan fingerprint density at radius 2 is 2.39 bits per heavy atom. The van der Waals surface area contributed by atoms with Crippen LogP contribution in [-0.2, 0) is 0 Å². The molecule has 0 spiro atoms. The molecule has 0 bridgehead atoms. The van der Waals surface area contributed by atoms with Crippen LogP contribution in [-0.4, -0.2) is 36.1 Å². The van der Waals surface area contributed by atoms with Crippen LogP contribution in [0.4, 0.5) is 10.1 Å². The Morgan fingerprint density at radius 3 is 3.00 bits per heavy atom. The van der Waals surface area contributed by atoms with Gasteiger partial charge in [0.15, 0.2) is 0 Å². The second kappa shape index (κ2) is 5.63. The van der Waals surface area contributed by atoms with Gasteiger partial charge in [0.1, 0.15) is 10.8 Å². The lowest BCUT2D eigenvalue weighted by Gasteiger charge is -2.21. The highest BCUT2D eigenvalue weighted by atomic mass is 32.1. The normalized spacial score (nSPS) is 20.0. The third-order valence-corrected chi connectivity index (χ3v) is 3.66. The van der Waals surface area contributed by atoms with Gasteiger partial charge in [-0.3, -0.25) is 0 Å². The van der Waals surface area contributed by atoms with Crippen molar-refractivity contribution in [2.45, 2.75) is 18.9 Å². The molecule has 1 aromatic rings. The third-order valence-electron chi connectivity index (χ3n) is 3.46. The van der Waals surface area contributed by atoms with Gasteiger partial charge in [0, 0.05) is 18.3 Å². The number of anilines is 1. The number of nitrogens with one attached hydrogen (secondary N) is 1. The van der Waals surface area contributed by atoms with Crippen molar-refractivity contribution < 1.29 is 4.39 Å². The number of likely N-dealkylation sites (N-methyl/N-ethyl adjacent to an activating group) is 1. The van der Waals surface area contributed by atoms with Crippen LogP contribution in [0.2, 0.25) is 0 Å². The molecular weight excluding hydrogens is 249 g/mol. The molecule has 1 heterocycles. The van der Waals surface area contributed by atoms with Crippen LogP contribution >= 0.6 is 12.2 Å². The van der Waals surface area contributed by atoms with Crippen LogP contribution in [0.1, 0.15) is 18.4 Å². The lowest BCUT2D eigenvalue weighted by atomic mass is 10.1. The van der Waals surface area contributed by atoms with Gasteiger partial charge >= 0.3 is 0 Å². The monoisotopic (exact) mass is 267 g/mol. The van der Waals surface area contributed by atoms with E-state index in [1.807, 2.05) is 6.07 Å². The van der Waals surface area contributed by atoms with Crippen molar-refractivity contribution in [3.63, 3.8) is 0 Å². The van der Waals surface area contributed by atoms with Crippen molar-refractivity contribution >= 4 is 22.9 Å². The molecule has 0 aliphatic carbocycles. The highest BCUT2D eigenvalue weighted by Gasteiger charge is 2.21. The summed E-state index contributed by atoms with van der Waals surface area (Å²) in [4.78, 5) is 2.41. The highest BCUT2D eigenvalue weighted by molar-refractivity contribution is 7.80. The molecule has 1 aliphatic rings. The Hall–Kier alpha value is -1.20. The Bertz CT molecular complexity index is 450. The fraction of sp³-hybridized carbons (Fsp3) is 0.462. The number of nitrogens with two attached hydrogens (primary N) is 1. The molecule has 0 aromatic heterocycles. The number of rotatable bonds is 4. The molecule has 0 amide bonds. The van der Waals surface area contributed by atoms with E-state index in [1.54, 1.807) is 6.07 Å². The van der Waals surface area contributed by atoms with Crippen molar-refractivity contribution in [1.82, 2.24) is 4.90 Å². The van der Waals surface area contributed by atoms with Crippen LogP contribution in [0.3, 0.4) is 0 Å². The summed E-state index contributed by atoms with van der Waals surface area (Å²) in [6, 6.07) is 5.35. The lowest BCUT2D eigenvalue weighted by Crippen LogP contribution is -2.32. The molecule has 98 valence electrons. The first-order chi connectivity index (χ1) is 8.59. The minimum absolute atomic E-state index is 0.0929. The molecule has 3 N–H and O–H groups in total. The summed E-state index contributed by atoms with van der Waals surface area (Å²) < 4.78 is 13.7. The lowest BCUT2D eigenvalue weighted by molar-refractivity contribution is 0.322. The summed E-state index contributed by atoms with van der Waals surface area (Å²) in [6.45, 7) is 1.91. The topological polar surface area (TPSA) is 41.3 Å². The summed E-state index contributed by atoms with van der Waals surface area (Å²) in [7, 11) is 2.11.